The molecule has 0 unspecified atom stereocenters. The lowest BCUT2D eigenvalue weighted by Crippen LogP contribution is -2.36. The Balaban J connectivity index is 1.64. The van der Waals surface area contributed by atoms with Gasteiger partial charge in [0, 0.05) is 19.6 Å². The lowest BCUT2D eigenvalue weighted by Gasteiger charge is -2.32. The highest BCUT2D eigenvalue weighted by Crippen LogP contribution is 2.23. The van der Waals surface area contributed by atoms with Crippen molar-refractivity contribution in [2.45, 2.75) is 19.3 Å². The Morgan fingerprint density at radius 1 is 1.30 bits per heavy atom. The molecule has 5 N–H and O–H groups in total. The van der Waals surface area contributed by atoms with Gasteiger partial charge >= 0.3 is 6.09 Å². The number of hydrogen-bond donors (Lipinski definition) is 3. The summed E-state index contributed by atoms with van der Waals surface area (Å²) >= 11 is 0. The first-order valence-corrected chi connectivity index (χ1v) is 7.57. The molecule has 0 spiro atoms. The maximum Gasteiger partial charge on any atom is 0.407 e. The highest BCUT2D eigenvalue weighted by atomic mass is 16.6. The van der Waals surface area contributed by atoms with Crippen molar-refractivity contribution < 1.29 is 14.3 Å². The maximum absolute atomic E-state index is 11.3. The number of carbonyl (C=O) groups excluding carboxylic acids is 2. The van der Waals surface area contributed by atoms with Crippen LogP contribution in [0, 0.1) is 5.92 Å². The molecule has 0 aromatic carbocycles. The lowest BCUT2D eigenvalue weighted by atomic mass is 9.93. The summed E-state index contributed by atoms with van der Waals surface area (Å²) in [5.74, 6) is 1.12. The van der Waals surface area contributed by atoms with Gasteiger partial charge in [-0.1, -0.05) is 0 Å². The average molecular weight is 322 g/mol. The minimum Gasteiger partial charge on any atom is -0.439 e. The number of primary amides is 1. The van der Waals surface area contributed by atoms with Crippen LogP contribution in [0.1, 0.15) is 19.3 Å². The van der Waals surface area contributed by atoms with Crippen molar-refractivity contribution in [3.8, 4) is 0 Å². The molecule has 2 rings (SSSR count). The molecule has 0 saturated carbocycles. The topological polar surface area (TPSA) is 136 Å². The monoisotopic (exact) mass is 322 g/mol. The number of amides is 2. The van der Waals surface area contributed by atoms with Crippen molar-refractivity contribution in [1.29, 1.82) is 0 Å². The molecule has 0 bridgehead atoms. The number of rotatable bonds is 6. The fourth-order valence-corrected chi connectivity index (χ4v) is 2.52. The molecule has 126 valence electrons. The number of ether oxygens (including phenoxy) is 1. The van der Waals surface area contributed by atoms with Gasteiger partial charge in [-0.25, -0.2) is 4.79 Å². The summed E-state index contributed by atoms with van der Waals surface area (Å²) in [6.45, 7) is 1.92. The number of nitrogens with one attached hydrogen (secondary N) is 1. The second-order valence-corrected chi connectivity index (χ2v) is 5.50. The third kappa shape index (κ3) is 5.61. The molecule has 9 heteroatoms. The Morgan fingerprint density at radius 3 is 2.65 bits per heavy atom. The molecule has 1 aromatic rings. The van der Waals surface area contributed by atoms with Crippen LogP contribution in [0.15, 0.2) is 12.1 Å². The summed E-state index contributed by atoms with van der Waals surface area (Å²) in [5, 5.41) is 10.6. The Hall–Kier alpha value is -2.58. The van der Waals surface area contributed by atoms with E-state index in [1.807, 2.05) is 6.07 Å². The number of hydrogen-bond acceptors (Lipinski definition) is 7. The third-order valence-electron chi connectivity index (χ3n) is 3.78. The number of carbonyl (C=O) groups is 2. The fraction of sp³-hybridized carbons (Fsp3) is 0.571. The molecular formula is C14H22N6O3. The van der Waals surface area contributed by atoms with Crippen molar-refractivity contribution in [1.82, 2.24) is 15.5 Å². The Bertz CT molecular complexity index is 528. The van der Waals surface area contributed by atoms with E-state index >= 15 is 0 Å². The van der Waals surface area contributed by atoms with Crippen molar-refractivity contribution in [3.63, 3.8) is 0 Å². The van der Waals surface area contributed by atoms with E-state index in [1.54, 1.807) is 6.07 Å². The van der Waals surface area contributed by atoms with Crippen molar-refractivity contribution >= 4 is 23.6 Å². The molecule has 9 nitrogen and oxygen atoms in total. The quantitative estimate of drug-likeness (QED) is 0.664. The van der Waals surface area contributed by atoms with Gasteiger partial charge in [0.05, 0.1) is 0 Å². The third-order valence-corrected chi connectivity index (χ3v) is 3.78. The predicted octanol–water partition coefficient (Wildman–Crippen LogP) is -0.123. The molecule has 1 saturated heterocycles. The number of anilines is 2. The van der Waals surface area contributed by atoms with Gasteiger partial charge in [0.1, 0.15) is 5.82 Å². The summed E-state index contributed by atoms with van der Waals surface area (Å²) in [6, 6.07) is 3.62. The molecule has 1 aliphatic rings. The van der Waals surface area contributed by atoms with Gasteiger partial charge in [-0.15, -0.1) is 10.2 Å². The van der Waals surface area contributed by atoms with Gasteiger partial charge in [-0.3, -0.25) is 4.79 Å². The van der Waals surface area contributed by atoms with E-state index in [4.69, 9.17) is 11.5 Å². The maximum atomic E-state index is 11.3. The van der Waals surface area contributed by atoms with Crippen molar-refractivity contribution in [2.75, 3.05) is 36.9 Å². The van der Waals surface area contributed by atoms with Crippen LogP contribution in [0.3, 0.4) is 0 Å². The first-order valence-electron chi connectivity index (χ1n) is 7.57. The van der Waals surface area contributed by atoms with Gasteiger partial charge in [-0.2, -0.15) is 0 Å². The smallest absolute Gasteiger partial charge is 0.407 e. The van der Waals surface area contributed by atoms with E-state index in [-0.39, 0.29) is 0 Å². The Labute approximate surface area is 134 Å². The summed E-state index contributed by atoms with van der Waals surface area (Å²) in [4.78, 5) is 23.9. The van der Waals surface area contributed by atoms with Crippen molar-refractivity contribution in [2.24, 2.45) is 11.7 Å². The number of alkyl carbamates (subject to hydrolysis) is 1. The number of aromatic nitrogens is 2. The predicted molar refractivity (Wildman–Crippen MR) is 84.5 cm³/mol. The highest BCUT2D eigenvalue weighted by molar-refractivity contribution is 5.78. The second kappa shape index (κ2) is 8.16. The summed E-state index contributed by atoms with van der Waals surface area (Å²) < 4.78 is 4.62. The van der Waals surface area contributed by atoms with Gasteiger partial charge in [-0.05, 0) is 37.3 Å². The molecular weight excluding hydrogens is 300 g/mol. The summed E-state index contributed by atoms with van der Waals surface area (Å²) in [6.07, 6.45) is 2.29. The molecule has 1 aliphatic heterocycles. The minimum atomic E-state index is -0.668. The normalized spacial score (nSPS) is 15.2. The highest BCUT2D eigenvalue weighted by Gasteiger charge is 2.20. The van der Waals surface area contributed by atoms with Crippen LogP contribution in [0.5, 0.6) is 0 Å². The average Bonchev–Trinajstić information content (AvgIpc) is 2.54. The van der Waals surface area contributed by atoms with Crippen LogP contribution in [-0.2, 0) is 9.53 Å². The summed E-state index contributed by atoms with van der Waals surface area (Å²) in [7, 11) is 0. The van der Waals surface area contributed by atoms with Crippen molar-refractivity contribution in [3.05, 3.63) is 12.1 Å². The Kier molecular flexibility index (Phi) is 5.95. The first kappa shape index (κ1) is 16.8. The second-order valence-electron chi connectivity index (χ2n) is 5.50. The standard InChI is InChI=1S/C14H22N6O3/c15-11-1-2-13(19-18-11)20-7-4-10(5-8-20)3-6-17-14(22)23-9-12(16)21/h1-2,10H,3-9H2,(H2,15,18)(H2,16,21)(H,17,22). The van der Waals surface area contributed by atoms with Gasteiger partial charge in [0.25, 0.3) is 5.91 Å². The molecule has 1 aromatic heterocycles. The van der Waals surface area contributed by atoms with Crippen LogP contribution in [-0.4, -0.2) is 48.4 Å². The number of nitrogens with two attached hydrogens (primary N) is 2. The zero-order chi connectivity index (χ0) is 16.7. The number of nitrogen functional groups attached to an aromatic ring is 1. The van der Waals surface area contributed by atoms with E-state index in [1.165, 1.54) is 0 Å². The van der Waals surface area contributed by atoms with Crippen LogP contribution >= 0.6 is 0 Å². The van der Waals surface area contributed by atoms with Crippen LogP contribution < -0.4 is 21.7 Å². The largest absolute Gasteiger partial charge is 0.439 e. The van der Waals surface area contributed by atoms with Gasteiger partial charge in [0.15, 0.2) is 12.4 Å². The number of piperidine rings is 1. The van der Waals surface area contributed by atoms with E-state index in [0.29, 0.717) is 18.3 Å². The number of nitrogens with zero attached hydrogens (tertiary/aromatic N) is 3. The molecule has 2 heterocycles. The fourth-order valence-electron chi connectivity index (χ4n) is 2.52. The summed E-state index contributed by atoms with van der Waals surface area (Å²) in [5.41, 5.74) is 10.4. The molecule has 1 fully saturated rings. The zero-order valence-electron chi connectivity index (χ0n) is 12.9. The molecule has 0 radical (unpaired) electrons. The molecule has 0 aliphatic carbocycles. The van der Waals surface area contributed by atoms with Gasteiger partial charge < -0.3 is 26.4 Å². The van der Waals surface area contributed by atoms with Crippen LogP contribution in [0.25, 0.3) is 0 Å². The first-order chi connectivity index (χ1) is 11.0. The molecule has 2 amide bonds. The van der Waals surface area contributed by atoms with E-state index in [9.17, 15) is 9.59 Å². The zero-order valence-corrected chi connectivity index (χ0v) is 12.9. The van der Waals surface area contributed by atoms with E-state index < -0.39 is 18.6 Å². The minimum absolute atomic E-state index is 0.396. The SMILES string of the molecule is NC(=O)COC(=O)NCCC1CCN(c2ccc(N)nn2)CC1. The van der Waals surface area contributed by atoms with Gasteiger partial charge in [0.2, 0.25) is 0 Å². The molecule has 23 heavy (non-hydrogen) atoms. The lowest BCUT2D eigenvalue weighted by molar-refractivity contribution is -0.120. The van der Waals surface area contributed by atoms with Crippen LogP contribution in [0.2, 0.25) is 0 Å². The molecule has 0 atom stereocenters. The van der Waals surface area contributed by atoms with E-state index in [2.05, 4.69) is 25.2 Å². The Morgan fingerprint density at radius 2 is 2.04 bits per heavy atom. The van der Waals surface area contributed by atoms with E-state index in [0.717, 1.165) is 38.2 Å². The van der Waals surface area contributed by atoms with Crippen LogP contribution in [0.4, 0.5) is 16.4 Å².